The third-order valence-electron chi connectivity index (χ3n) is 4.57. The van der Waals surface area contributed by atoms with E-state index in [9.17, 15) is 18.6 Å². The van der Waals surface area contributed by atoms with Crippen molar-refractivity contribution in [2.45, 2.75) is 18.4 Å². The molecule has 0 bridgehead atoms. The number of nitrogen functional groups attached to an aromatic ring is 2. The van der Waals surface area contributed by atoms with Crippen molar-refractivity contribution in [2.75, 3.05) is 25.1 Å². The lowest BCUT2D eigenvalue weighted by Gasteiger charge is -2.26. The van der Waals surface area contributed by atoms with E-state index in [0.717, 1.165) is 5.41 Å². The molecular formula is C18H23N7O5S. The number of nitrogens with two attached hydrogens (primary N) is 2. The highest BCUT2D eigenvalue weighted by Gasteiger charge is 2.30. The van der Waals surface area contributed by atoms with E-state index >= 15 is 0 Å². The highest BCUT2D eigenvalue weighted by Crippen LogP contribution is 2.21. The lowest BCUT2D eigenvalue weighted by molar-refractivity contribution is -0.0994. The van der Waals surface area contributed by atoms with Crippen LogP contribution >= 0.6 is 0 Å². The van der Waals surface area contributed by atoms with E-state index in [0.29, 0.717) is 11.3 Å². The summed E-state index contributed by atoms with van der Waals surface area (Å²) < 4.78 is 33.2. The van der Waals surface area contributed by atoms with E-state index in [4.69, 9.17) is 16.2 Å². The molecule has 1 aromatic carbocycles. The molecule has 0 radical (unpaired) electrons. The van der Waals surface area contributed by atoms with Gasteiger partial charge in [0, 0.05) is 24.7 Å². The summed E-state index contributed by atoms with van der Waals surface area (Å²) in [7, 11) is -2.59. The fraction of sp³-hybridized carbons (Fsp3) is 0.278. The molecule has 3 atom stereocenters. The fourth-order valence-corrected chi connectivity index (χ4v) is 3.65. The molecule has 0 saturated carbocycles. The van der Waals surface area contributed by atoms with Crippen LogP contribution in [0.15, 0.2) is 42.3 Å². The van der Waals surface area contributed by atoms with Gasteiger partial charge in [-0.05, 0) is 17.7 Å². The first-order valence-corrected chi connectivity index (χ1v) is 10.6. The zero-order valence-corrected chi connectivity index (χ0v) is 17.3. The minimum atomic E-state index is -3.87. The number of fused-ring (bicyclic) bond motifs is 1. The number of nitrogens with zero attached hydrogens (tertiary/aromatic N) is 4. The average molecular weight is 449 g/mol. The van der Waals surface area contributed by atoms with Crippen LogP contribution in [0.5, 0.6) is 0 Å². The molecule has 31 heavy (non-hydrogen) atoms. The first-order chi connectivity index (χ1) is 14.7. The molecule has 0 amide bonds. The monoisotopic (exact) mass is 449 g/mol. The largest absolute Gasteiger partial charge is 0.398 e. The summed E-state index contributed by atoms with van der Waals surface area (Å²) in [5, 5.41) is 22.1. The Kier molecular flexibility index (Phi) is 6.82. The number of aliphatic hydroxyl groups excluding tert-OH is 2. The zero-order valence-electron chi connectivity index (χ0n) is 16.5. The summed E-state index contributed by atoms with van der Waals surface area (Å²) in [5.41, 5.74) is 12.9. The molecular weight excluding hydrogens is 426 g/mol. The molecule has 0 aliphatic carbocycles. The van der Waals surface area contributed by atoms with Crippen molar-refractivity contribution in [3.8, 4) is 0 Å². The quantitative estimate of drug-likeness (QED) is 0.265. The van der Waals surface area contributed by atoms with Gasteiger partial charge in [0.15, 0.2) is 17.7 Å². The van der Waals surface area contributed by atoms with Gasteiger partial charge < -0.3 is 26.4 Å². The highest BCUT2D eigenvalue weighted by molar-refractivity contribution is 7.92. The SMILES string of the molecule is CO[C@H](CNS(=O)(=O)/C=C/c1ccccc1N)[C@@H](O)[C@@H](O)n1cnc2c(N)ncnc21. The summed E-state index contributed by atoms with van der Waals surface area (Å²) in [6.07, 6.45) is -0.345. The van der Waals surface area contributed by atoms with E-state index in [1.165, 1.54) is 30.4 Å². The number of rotatable bonds is 9. The Morgan fingerprint density at radius 2 is 1.97 bits per heavy atom. The Morgan fingerprint density at radius 3 is 2.68 bits per heavy atom. The van der Waals surface area contributed by atoms with Crippen LogP contribution in [0.2, 0.25) is 0 Å². The van der Waals surface area contributed by atoms with Gasteiger partial charge in [0.25, 0.3) is 0 Å². The highest BCUT2D eigenvalue weighted by atomic mass is 32.2. The van der Waals surface area contributed by atoms with Crippen molar-refractivity contribution in [1.29, 1.82) is 0 Å². The maximum absolute atomic E-state index is 12.3. The number of para-hydroxylation sites is 1. The van der Waals surface area contributed by atoms with Crippen LogP contribution in [0.25, 0.3) is 17.2 Å². The van der Waals surface area contributed by atoms with Crippen LogP contribution in [-0.4, -0.2) is 64.0 Å². The molecule has 166 valence electrons. The van der Waals surface area contributed by atoms with E-state index in [1.807, 2.05) is 0 Å². The van der Waals surface area contributed by atoms with Gasteiger partial charge >= 0.3 is 0 Å². The van der Waals surface area contributed by atoms with Crippen LogP contribution in [0, 0.1) is 0 Å². The molecule has 2 aromatic heterocycles. The molecule has 0 spiro atoms. The Bertz CT molecular complexity index is 1180. The summed E-state index contributed by atoms with van der Waals surface area (Å²) >= 11 is 0. The number of methoxy groups -OCH3 is 1. The lowest BCUT2D eigenvalue weighted by atomic mass is 10.1. The van der Waals surface area contributed by atoms with Crippen LogP contribution in [0.1, 0.15) is 11.8 Å². The first kappa shape index (κ1) is 22.6. The zero-order chi connectivity index (χ0) is 22.6. The summed E-state index contributed by atoms with van der Waals surface area (Å²) in [6, 6.07) is 6.79. The maximum Gasteiger partial charge on any atom is 0.233 e. The van der Waals surface area contributed by atoms with Gasteiger partial charge in [-0.2, -0.15) is 0 Å². The van der Waals surface area contributed by atoms with Gasteiger partial charge in [-0.3, -0.25) is 4.57 Å². The number of imidazole rings is 1. The Hall–Kier alpha value is -3.10. The molecule has 0 aliphatic rings. The van der Waals surface area contributed by atoms with Gasteiger partial charge in [0.2, 0.25) is 10.0 Å². The maximum atomic E-state index is 12.3. The van der Waals surface area contributed by atoms with Crippen LogP contribution < -0.4 is 16.2 Å². The van der Waals surface area contributed by atoms with Crippen molar-refractivity contribution in [2.24, 2.45) is 0 Å². The number of aromatic nitrogens is 4. The summed E-state index contributed by atoms with van der Waals surface area (Å²) in [5.74, 6) is 0.118. The van der Waals surface area contributed by atoms with E-state index in [-0.39, 0.29) is 23.5 Å². The minimum Gasteiger partial charge on any atom is -0.398 e. The number of benzene rings is 1. The molecule has 3 aromatic rings. The van der Waals surface area contributed by atoms with Crippen molar-refractivity contribution >= 4 is 38.8 Å². The van der Waals surface area contributed by atoms with E-state index in [2.05, 4.69) is 19.7 Å². The average Bonchev–Trinajstić information content (AvgIpc) is 3.18. The third-order valence-corrected chi connectivity index (χ3v) is 5.63. The van der Waals surface area contributed by atoms with Gasteiger partial charge in [-0.25, -0.2) is 28.1 Å². The Balaban J connectivity index is 1.69. The molecule has 0 unspecified atom stereocenters. The van der Waals surface area contributed by atoms with Crippen molar-refractivity contribution in [3.63, 3.8) is 0 Å². The Morgan fingerprint density at radius 1 is 1.23 bits per heavy atom. The molecule has 7 N–H and O–H groups in total. The second kappa shape index (κ2) is 9.36. The third kappa shape index (κ3) is 5.15. The van der Waals surface area contributed by atoms with E-state index in [1.54, 1.807) is 24.3 Å². The molecule has 2 heterocycles. The fourth-order valence-electron chi connectivity index (χ4n) is 2.84. The molecule has 13 heteroatoms. The topological polar surface area (TPSA) is 192 Å². The Labute approximate surface area is 178 Å². The normalized spacial score (nSPS) is 15.3. The van der Waals surface area contributed by atoms with Crippen LogP contribution in [0.3, 0.4) is 0 Å². The predicted octanol–water partition coefficient (Wildman–Crippen LogP) is -0.552. The molecule has 3 rings (SSSR count). The number of ether oxygens (including phenoxy) is 1. The molecule has 0 saturated heterocycles. The minimum absolute atomic E-state index is 0.118. The van der Waals surface area contributed by atoms with Gasteiger partial charge in [-0.1, -0.05) is 18.2 Å². The smallest absolute Gasteiger partial charge is 0.233 e. The van der Waals surface area contributed by atoms with Crippen LogP contribution in [0.4, 0.5) is 11.5 Å². The first-order valence-electron chi connectivity index (χ1n) is 9.07. The van der Waals surface area contributed by atoms with E-state index < -0.39 is 28.5 Å². The molecule has 0 fully saturated rings. The number of hydrogen-bond acceptors (Lipinski definition) is 10. The van der Waals surface area contributed by atoms with Crippen molar-refractivity contribution in [3.05, 3.63) is 47.9 Å². The van der Waals surface area contributed by atoms with Gasteiger partial charge in [0.1, 0.15) is 24.1 Å². The second-order valence-corrected chi connectivity index (χ2v) is 8.24. The summed E-state index contributed by atoms with van der Waals surface area (Å²) in [4.78, 5) is 11.8. The number of nitrogens with one attached hydrogen (secondary N) is 1. The molecule has 0 aliphatic heterocycles. The second-order valence-electron chi connectivity index (χ2n) is 6.59. The number of aliphatic hydroxyl groups is 2. The van der Waals surface area contributed by atoms with Gasteiger partial charge in [0.05, 0.1) is 6.33 Å². The molecule has 12 nitrogen and oxygen atoms in total. The lowest BCUT2D eigenvalue weighted by Crippen LogP contribution is -2.43. The van der Waals surface area contributed by atoms with Crippen molar-refractivity contribution < 1.29 is 23.4 Å². The van der Waals surface area contributed by atoms with Crippen LogP contribution in [-0.2, 0) is 14.8 Å². The summed E-state index contributed by atoms with van der Waals surface area (Å²) in [6.45, 7) is -0.310. The predicted molar refractivity (Wildman–Crippen MR) is 115 cm³/mol. The standard InChI is InChI=1S/C18H23N7O5S/c1-30-13(8-24-31(28,29)7-6-11-4-2-3-5-12(11)19)15(26)18(27)25-10-23-14-16(20)21-9-22-17(14)25/h2-7,9-10,13,15,18,24,26-27H,8,19H2,1H3,(H2,20,21,22)/b7-6+/t13-,15-,18-/m1/s1. The number of hydrogen-bond donors (Lipinski definition) is 5. The van der Waals surface area contributed by atoms with Gasteiger partial charge in [-0.15, -0.1) is 0 Å². The number of sulfonamides is 1. The number of anilines is 2. The van der Waals surface area contributed by atoms with Crippen molar-refractivity contribution in [1.82, 2.24) is 24.2 Å².